The summed E-state index contributed by atoms with van der Waals surface area (Å²) in [6.45, 7) is 3.97. The first kappa shape index (κ1) is 13.6. The summed E-state index contributed by atoms with van der Waals surface area (Å²) in [5.74, 6) is 0.263. The molecule has 98 valence electrons. The van der Waals surface area contributed by atoms with Crippen LogP contribution in [0.25, 0.3) is 0 Å². The molecule has 0 aromatic heterocycles. The van der Waals surface area contributed by atoms with Gasteiger partial charge in [0.2, 0.25) is 5.91 Å². The van der Waals surface area contributed by atoms with Crippen molar-refractivity contribution in [3.63, 3.8) is 0 Å². The van der Waals surface area contributed by atoms with Crippen molar-refractivity contribution >= 4 is 27.5 Å². The smallest absolute Gasteiger partial charge is 0.228 e. The minimum Gasteiger partial charge on any atom is -0.326 e. The minimum atomic E-state index is 0.117. The van der Waals surface area contributed by atoms with Crippen molar-refractivity contribution in [1.29, 1.82) is 0 Å². The van der Waals surface area contributed by atoms with Crippen LogP contribution >= 0.6 is 15.9 Å². The third-order valence-electron chi connectivity index (χ3n) is 3.44. The monoisotopic (exact) mass is 310 g/mol. The Hall–Kier alpha value is -0.870. The number of carbonyl (C=O) groups is 1. The predicted molar refractivity (Wildman–Crippen MR) is 77.7 cm³/mol. The highest BCUT2D eigenvalue weighted by Gasteiger charge is 2.24. The Morgan fingerprint density at radius 1 is 1.50 bits per heavy atom. The van der Waals surface area contributed by atoms with E-state index in [1.54, 1.807) is 0 Å². The number of rotatable bonds is 2. The van der Waals surface area contributed by atoms with Gasteiger partial charge in [-0.05, 0) is 57.1 Å². The normalized spacial score (nSPS) is 20.7. The lowest BCUT2D eigenvalue weighted by atomic mass is 9.97. The van der Waals surface area contributed by atoms with E-state index in [0.29, 0.717) is 0 Å². The van der Waals surface area contributed by atoms with E-state index in [9.17, 15) is 4.79 Å². The molecule has 1 aliphatic rings. The first-order valence-corrected chi connectivity index (χ1v) is 7.11. The van der Waals surface area contributed by atoms with Gasteiger partial charge in [-0.25, -0.2) is 0 Å². The molecule has 0 aliphatic carbocycles. The lowest BCUT2D eigenvalue weighted by molar-refractivity contribution is -0.121. The van der Waals surface area contributed by atoms with E-state index < -0.39 is 0 Å². The van der Waals surface area contributed by atoms with Crippen LogP contribution in [0, 0.1) is 12.8 Å². The van der Waals surface area contributed by atoms with Crippen LogP contribution in [0.4, 0.5) is 5.69 Å². The average Bonchev–Trinajstić information content (AvgIpc) is 2.32. The van der Waals surface area contributed by atoms with Gasteiger partial charge in [0, 0.05) is 16.7 Å². The molecule has 3 nitrogen and oxygen atoms in total. The summed E-state index contributed by atoms with van der Waals surface area (Å²) in [6.07, 6.45) is 2.10. The molecule has 1 atom stereocenters. The first-order valence-electron chi connectivity index (χ1n) is 6.32. The molecule has 1 fully saturated rings. The van der Waals surface area contributed by atoms with Crippen LogP contribution in [0.5, 0.6) is 0 Å². The molecule has 1 saturated heterocycles. The molecule has 4 heteroatoms. The third-order valence-corrected chi connectivity index (χ3v) is 3.93. The first-order chi connectivity index (χ1) is 8.56. The number of benzene rings is 1. The van der Waals surface area contributed by atoms with Gasteiger partial charge in [-0.2, -0.15) is 0 Å². The highest BCUT2D eigenvalue weighted by molar-refractivity contribution is 9.10. The van der Waals surface area contributed by atoms with Gasteiger partial charge in [-0.1, -0.05) is 15.9 Å². The molecule has 2 rings (SSSR count). The molecule has 0 bridgehead atoms. The molecular weight excluding hydrogens is 292 g/mol. The number of nitrogens with one attached hydrogen (secondary N) is 1. The van der Waals surface area contributed by atoms with Gasteiger partial charge in [0.25, 0.3) is 0 Å². The van der Waals surface area contributed by atoms with E-state index in [2.05, 4.69) is 33.2 Å². The number of likely N-dealkylation sites (tertiary alicyclic amines) is 1. The quantitative estimate of drug-likeness (QED) is 0.910. The zero-order valence-electron chi connectivity index (χ0n) is 10.9. The number of amides is 1. The largest absolute Gasteiger partial charge is 0.326 e. The van der Waals surface area contributed by atoms with Crippen molar-refractivity contribution < 1.29 is 4.79 Å². The van der Waals surface area contributed by atoms with Crippen molar-refractivity contribution in [3.05, 3.63) is 28.2 Å². The highest BCUT2D eigenvalue weighted by atomic mass is 79.9. The van der Waals surface area contributed by atoms with Crippen LogP contribution in [0.3, 0.4) is 0 Å². The molecule has 0 spiro atoms. The van der Waals surface area contributed by atoms with Crippen molar-refractivity contribution in [2.45, 2.75) is 19.8 Å². The number of piperidine rings is 1. The molecule has 1 aromatic carbocycles. The summed E-state index contributed by atoms with van der Waals surface area (Å²) < 4.78 is 1.04. The van der Waals surface area contributed by atoms with E-state index in [1.165, 1.54) is 0 Å². The van der Waals surface area contributed by atoms with Gasteiger partial charge >= 0.3 is 0 Å². The fourth-order valence-electron chi connectivity index (χ4n) is 2.38. The molecule has 0 radical (unpaired) electrons. The Morgan fingerprint density at radius 3 is 2.94 bits per heavy atom. The van der Waals surface area contributed by atoms with Gasteiger partial charge in [-0.15, -0.1) is 0 Å². The summed E-state index contributed by atoms with van der Waals surface area (Å²) in [5, 5.41) is 3.04. The standard InChI is InChI=1S/C14H19BrN2O/c1-10-8-12(15)5-6-13(10)16-14(18)11-4-3-7-17(2)9-11/h5-6,8,11H,3-4,7,9H2,1-2H3,(H,16,18). The Balaban J connectivity index is 2.02. The maximum atomic E-state index is 12.2. The molecule has 1 amide bonds. The Morgan fingerprint density at radius 2 is 2.28 bits per heavy atom. The summed E-state index contributed by atoms with van der Waals surface area (Å²) in [7, 11) is 2.07. The van der Waals surface area contributed by atoms with E-state index in [1.807, 2.05) is 25.1 Å². The SMILES string of the molecule is Cc1cc(Br)ccc1NC(=O)C1CCCN(C)C1. The van der Waals surface area contributed by atoms with Crippen molar-refractivity contribution in [2.24, 2.45) is 5.92 Å². The van der Waals surface area contributed by atoms with Gasteiger partial charge in [-0.3, -0.25) is 4.79 Å². The molecule has 1 aromatic rings. The topological polar surface area (TPSA) is 32.3 Å². The number of halogens is 1. The predicted octanol–water partition coefficient (Wildman–Crippen LogP) is 3.04. The van der Waals surface area contributed by atoms with Gasteiger partial charge in [0.05, 0.1) is 5.92 Å². The number of nitrogens with zero attached hydrogens (tertiary/aromatic N) is 1. The molecule has 0 saturated carbocycles. The van der Waals surface area contributed by atoms with Crippen LogP contribution in [0.15, 0.2) is 22.7 Å². The number of anilines is 1. The van der Waals surface area contributed by atoms with Gasteiger partial charge in [0.15, 0.2) is 0 Å². The summed E-state index contributed by atoms with van der Waals surface area (Å²) >= 11 is 3.43. The van der Waals surface area contributed by atoms with E-state index in [0.717, 1.165) is 41.7 Å². The molecule has 18 heavy (non-hydrogen) atoms. The van der Waals surface area contributed by atoms with E-state index in [4.69, 9.17) is 0 Å². The van der Waals surface area contributed by atoms with Crippen LogP contribution in [0.2, 0.25) is 0 Å². The number of aryl methyl sites for hydroxylation is 1. The average molecular weight is 311 g/mol. The zero-order chi connectivity index (χ0) is 13.1. The van der Waals surface area contributed by atoms with Gasteiger partial charge < -0.3 is 10.2 Å². The van der Waals surface area contributed by atoms with Crippen molar-refractivity contribution in [3.8, 4) is 0 Å². The molecular formula is C14H19BrN2O. The lowest BCUT2D eigenvalue weighted by Gasteiger charge is -2.28. The lowest BCUT2D eigenvalue weighted by Crippen LogP contribution is -2.38. The van der Waals surface area contributed by atoms with Crippen molar-refractivity contribution in [1.82, 2.24) is 4.90 Å². The minimum absolute atomic E-state index is 0.117. The second-order valence-electron chi connectivity index (χ2n) is 5.05. The number of hydrogen-bond acceptors (Lipinski definition) is 2. The molecule has 1 N–H and O–H groups in total. The maximum Gasteiger partial charge on any atom is 0.228 e. The fourth-order valence-corrected chi connectivity index (χ4v) is 2.86. The molecule has 1 aliphatic heterocycles. The molecule has 1 unspecified atom stereocenters. The zero-order valence-corrected chi connectivity index (χ0v) is 12.5. The fraction of sp³-hybridized carbons (Fsp3) is 0.500. The van der Waals surface area contributed by atoms with E-state index in [-0.39, 0.29) is 11.8 Å². The van der Waals surface area contributed by atoms with Gasteiger partial charge in [0.1, 0.15) is 0 Å². The molecule has 1 heterocycles. The number of hydrogen-bond donors (Lipinski definition) is 1. The van der Waals surface area contributed by atoms with Crippen LogP contribution in [0.1, 0.15) is 18.4 Å². The third kappa shape index (κ3) is 3.33. The Labute approximate surface area is 117 Å². The van der Waals surface area contributed by atoms with Crippen molar-refractivity contribution in [2.75, 3.05) is 25.5 Å². The van der Waals surface area contributed by atoms with Crippen LogP contribution in [-0.4, -0.2) is 30.9 Å². The Bertz CT molecular complexity index is 447. The summed E-state index contributed by atoms with van der Waals surface area (Å²) in [6, 6.07) is 5.92. The summed E-state index contributed by atoms with van der Waals surface area (Å²) in [5.41, 5.74) is 2.00. The second-order valence-corrected chi connectivity index (χ2v) is 5.97. The maximum absolute atomic E-state index is 12.2. The van der Waals surface area contributed by atoms with Crippen LogP contribution in [-0.2, 0) is 4.79 Å². The highest BCUT2D eigenvalue weighted by Crippen LogP contribution is 2.22. The number of carbonyl (C=O) groups excluding carboxylic acids is 1. The summed E-state index contributed by atoms with van der Waals surface area (Å²) in [4.78, 5) is 14.4. The Kier molecular flexibility index (Phi) is 4.40. The van der Waals surface area contributed by atoms with Crippen LogP contribution < -0.4 is 5.32 Å². The second kappa shape index (κ2) is 5.85. The van der Waals surface area contributed by atoms with E-state index >= 15 is 0 Å².